The lowest BCUT2D eigenvalue weighted by Gasteiger charge is -2.05. The number of hydrogen-bond donors (Lipinski definition) is 1. The van der Waals surface area contributed by atoms with Gasteiger partial charge in [0.2, 0.25) is 0 Å². The molecule has 6 heteroatoms. The standard InChI is InChI=1S/C12H10BrN3O2/c13-8-3-5-9(6-4-8)16-11(7-1-2-7)10(12(17)18)14-15-16/h3-7H,1-2H2,(H,17,18). The van der Waals surface area contributed by atoms with Gasteiger partial charge in [0.1, 0.15) is 0 Å². The summed E-state index contributed by atoms with van der Waals surface area (Å²) in [5.74, 6) is -0.741. The quantitative estimate of drug-likeness (QED) is 0.946. The normalized spacial score (nSPS) is 14.7. The minimum absolute atomic E-state index is 0.0698. The molecule has 1 N–H and O–H groups in total. The van der Waals surface area contributed by atoms with Crippen molar-refractivity contribution in [3.8, 4) is 5.69 Å². The summed E-state index contributed by atoms with van der Waals surface area (Å²) in [6, 6.07) is 7.56. The van der Waals surface area contributed by atoms with Crippen molar-refractivity contribution < 1.29 is 9.90 Å². The first-order chi connectivity index (χ1) is 8.66. The summed E-state index contributed by atoms with van der Waals surface area (Å²) in [6.45, 7) is 0. The van der Waals surface area contributed by atoms with Gasteiger partial charge >= 0.3 is 5.97 Å². The summed E-state index contributed by atoms with van der Waals surface area (Å²) in [4.78, 5) is 11.1. The van der Waals surface area contributed by atoms with Gasteiger partial charge in [-0.05, 0) is 37.1 Å². The Balaban J connectivity index is 2.11. The van der Waals surface area contributed by atoms with Crippen LogP contribution in [0.2, 0.25) is 0 Å². The second kappa shape index (κ2) is 4.20. The third-order valence-corrected chi connectivity index (χ3v) is 3.47. The van der Waals surface area contributed by atoms with E-state index in [2.05, 4.69) is 26.2 Å². The zero-order valence-electron chi connectivity index (χ0n) is 9.38. The first-order valence-corrected chi connectivity index (χ1v) is 6.41. The number of halogens is 1. The molecule has 0 aliphatic heterocycles. The molecule has 0 radical (unpaired) electrons. The van der Waals surface area contributed by atoms with Crippen molar-refractivity contribution in [1.29, 1.82) is 0 Å². The van der Waals surface area contributed by atoms with Gasteiger partial charge in [0, 0.05) is 10.4 Å². The van der Waals surface area contributed by atoms with Gasteiger partial charge in [0.25, 0.3) is 0 Å². The van der Waals surface area contributed by atoms with E-state index in [9.17, 15) is 4.79 Å². The highest BCUT2D eigenvalue weighted by Gasteiger charge is 2.34. The third kappa shape index (κ3) is 1.92. The Kier molecular flexibility index (Phi) is 2.66. The largest absolute Gasteiger partial charge is 0.476 e. The molecule has 18 heavy (non-hydrogen) atoms. The molecule has 2 aromatic rings. The minimum atomic E-state index is -1.01. The number of carboxylic acid groups (broad SMARTS) is 1. The fourth-order valence-electron chi connectivity index (χ4n) is 1.94. The van der Waals surface area contributed by atoms with Crippen LogP contribution in [0, 0.1) is 0 Å². The molecule has 0 bridgehead atoms. The summed E-state index contributed by atoms with van der Waals surface area (Å²) in [5, 5.41) is 16.9. The van der Waals surface area contributed by atoms with E-state index in [0.29, 0.717) is 5.69 Å². The lowest BCUT2D eigenvalue weighted by Crippen LogP contribution is -2.05. The predicted octanol–water partition coefficient (Wildman–Crippen LogP) is 2.61. The maximum absolute atomic E-state index is 11.1. The van der Waals surface area contributed by atoms with Crippen molar-refractivity contribution in [2.75, 3.05) is 0 Å². The van der Waals surface area contributed by atoms with Crippen molar-refractivity contribution >= 4 is 21.9 Å². The minimum Gasteiger partial charge on any atom is -0.476 e. The van der Waals surface area contributed by atoms with Crippen LogP contribution in [0.3, 0.4) is 0 Å². The molecule has 1 heterocycles. The Morgan fingerprint density at radius 3 is 2.56 bits per heavy atom. The second-order valence-corrected chi connectivity index (χ2v) is 5.21. The van der Waals surface area contributed by atoms with Gasteiger partial charge in [0.15, 0.2) is 5.69 Å². The molecule has 1 saturated carbocycles. The van der Waals surface area contributed by atoms with E-state index < -0.39 is 5.97 Å². The fraction of sp³-hybridized carbons (Fsp3) is 0.250. The van der Waals surface area contributed by atoms with E-state index >= 15 is 0 Å². The second-order valence-electron chi connectivity index (χ2n) is 4.29. The van der Waals surface area contributed by atoms with E-state index in [1.54, 1.807) is 4.68 Å². The van der Waals surface area contributed by atoms with Gasteiger partial charge in [-0.15, -0.1) is 5.10 Å². The first kappa shape index (κ1) is 11.4. The van der Waals surface area contributed by atoms with Crippen LogP contribution >= 0.6 is 15.9 Å². The molecule has 3 rings (SSSR count). The highest BCUT2D eigenvalue weighted by Crippen LogP contribution is 2.41. The fourth-order valence-corrected chi connectivity index (χ4v) is 2.20. The number of benzene rings is 1. The van der Waals surface area contributed by atoms with Crippen molar-refractivity contribution in [1.82, 2.24) is 15.0 Å². The Bertz CT molecular complexity index is 602. The molecule has 1 fully saturated rings. The molecule has 1 aromatic heterocycles. The van der Waals surface area contributed by atoms with Crippen molar-refractivity contribution in [3.63, 3.8) is 0 Å². The van der Waals surface area contributed by atoms with Gasteiger partial charge in [0.05, 0.1) is 11.4 Å². The number of rotatable bonds is 3. The topological polar surface area (TPSA) is 68.0 Å². The van der Waals surface area contributed by atoms with Gasteiger partial charge < -0.3 is 5.11 Å². The lowest BCUT2D eigenvalue weighted by molar-refractivity contribution is 0.0689. The Morgan fingerprint density at radius 1 is 1.33 bits per heavy atom. The molecule has 0 amide bonds. The lowest BCUT2D eigenvalue weighted by atomic mass is 10.2. The van der Waals surface area contributed by atoms with Crippen molar-refractivity contribution in [2.24, 2.45) is 0 Å². The Hall–Kier alpha value is -1.69. The zero-order chi connectivity index (χ0) is 12.7. The smallest absolute Gasteiger partial charge is 0.358 e. The summed E-state index contributed by atoms with van der Waals surface area (Å²) in [6.07, 6.45) is 2.01. The summed E-state index contributed by atoms with van der Waals surface area (Å²) in [5.41, 5.74) is 1.62. The van der Waals surface area contributed by atoms with Crippen molar-refractivity contribution in [2.45, 2.75) is 18.8 Å². The van der Waals surface area contributed by atoms with Crippen LogP contribution < -0.4 is 0 Å². The van der Waals surface area contributed by atoms with Crippen molar-refractivity contribution in [3.05, 3.63) is 40.1 Å². The van der Waals surface area contributed by atoms with Crippen LogP contribution in [0.4, 0.5) is 0 Å². The summed E-state index contributed by atoms with van der Waals surface area (Å²) >= 11 is 3.37. The molecule has 1 aliphatic rings. The molecule has 0 saturated heterocycles. The monoisotopic (exact) mass is 307 g/mol. The first-order valence-electron chi connectivity index (χ1n) is 5.61. The summed E-state index contributed by atoms with van der Waals surface area (Å²) < 4.78 is 2.60. The molecule has 1 aliphatic carbocycles. The Labute approximate surface area is 112 Å². The number of carboxylic acids is 1. The SMILES string of the molecule is O=C(O)c1nnn(-c2ccc(Br)cc2)c1C1CC1. The average molecular weight is 308 g/mol. The highest BCUT2D eigenvalue weighted by atomic mass is 79.9. The van der Waals surface area contributed by atoms with Gasteiger partial charge in [-0.1, -0.05) is 21.1 Å². The maximum Gasteiger partial charge on any atom is 0.358 e. The predicted molar refractivity (Wildman–Crippen MR) is 68.0 cm³/mol. The molecule has 0 unspecified atom stereocenters. The molecule has 0 atom stereocenters. The van der Waals surface area contributed by atoms with Gasteiger partial charge in [-0.2, -0.15) is 0 Å². The number of aromatic nitrogens is 3. The Morgan fingerprint density at radius 2 is 2.00 bits per heavy atom. The third-order valence-electron chi connectivity index (χ3n) is 2.94. The molecule has 5 nitrogen and oxygen atoms in total. The average Bonchev–Trinajstić information content (AvgIpc) is 3.09. The number of aromatic carboxylic acids is 1. The van der Waals surface area contributed by atoms with Gasteiger partial charge in [-0.25, -0.2) is 9.48 Å². The summed E-state index contributed by atoms with van der Waals surface area (Å²) in [7, 11) is 0. The molecule has 1 aromatic carbocycles. The van der Waals surface area contributed by atoms with E-state index in [-0.39, 0.29) is 11.6 Å². The number of nitrogens with zero attached hydrogens (tertiary/aromatic N) is 3. The van der Waals surface area contributed by atoms with Crippen LogP contribution in [0.5, 0.6) is 0 Å². The van der Waals surface area contributed by atoms with E-state index in [1.165, 1.54) is 0 Å². The van der Waals surface area contributed by atoms with E-state index in [1.807, 2.05) is 24.3 Å². The van der Waals surface area contributed by atoms with E-state index in [0.717, 1.165) is 23.0 Å². The maximum atomic E-state index is 11.1. The molecular formula is C12H10BrN3O2. The van der Waals surface area contributed by atoms with Crippen LogP contribution in [0.15, 0.2) is 28.7 Å². The molecule has 92 valence electrons. The van der Waals surface area contributed by atoms with Crippen LogP contribution in [-0.2, 0) is 0 Å². The molecule has 0 spiro atoms. The number of carbonyl (C=O) groups is 1. The van der Waals surface area contributed by atoms with E-state index in [4.69, 9.17) is 5.11 Å². The zero-order valence-corrected chi connectivity index (χ0v) is 11.0. The number of hydrogen-bond acceptors (Lipinski definition) is 3. The molecular weight excluding hydrogens is 298 g/mol. The van der Waals surface area contributed by atoms with Crippen LogP contribution in [0.1, 0.15) is 34.9 Å². The van der Waals surface area contributed by atoms with Gasteiger partial charge in [-0.3, -0.25) is 0 Å². The highest BCUT2D eigenvalue weighted by molar-refractivity contribution is 9.10. The van der Waals surface area contributed by atoms with Crippen LogP contribution in [0.25, 0.3) is 5.69 Å². The van der Waals surface area contributed by atoms with Crippen LogP contribution in [-0.4, -0.2) is 26.1 Å².